The van der Waals surface area contributed by atoms with Gasteiger partial charge in [-0.2, -0.15) is 0 Å². The second-order valence-electron chi connectivity index (χ2n) is 6.22. The summed E-state index contributed by atoms with van der Waals surface area (Å²) in [6, 6.07) is 15.7. The average Bonchev–Trinajstić information content (AvgIpc) is 3.44. The second-order valence-corrected chi connectivity index (χ2v) is 6.22. The smallest absolute Gasteiger partial charge is 0.410 e. The van der Waals surface area contributed by atoms with Crippen molar-refractivity contribution in [1.82, 2.24) is 0 Å². The first-order valence-electron chi connectivity index (χ1n) is 8.23. The van der Waals surface area contributed by atoms with E-state index < -0.39 is 17.7 Å². The first-order chi connectivity index (χ1) is 12.6. The number of rotatable bonds is 2. The zero-order chi connectivity index (χ0) is 18.3. The molecule has 2 aromatic rings. The van der Waals surface area contributed by atoms with Gasteiger partial charge in [0.2, 0.25) is 0 Å². The van der Waals surface area contributed by atoms with E-state index in [1.165, 1.54) is 4.90 Å². The van der Waals surface area contributed by atoms with Crippen molar-refractivity contribution >= 4 is 11.8 Å². The number of hydrogen-bond acceptors (Lipinski definition) is 3. The van der Waals surface area contributed by atoms with Crippen LogP contribution in [-0.4, -0.2) is 18.2 Å². The highest BCUT2D eigenvalue weighted by atomic mass is 16.6. The van der Waals surface area contributed by atoms with E-state index in [-0.39, 0.29) is 6.10 Å². The van der Waals surface area contributed by atoms with Crippen LogP contribution in [0.1, 0.15) is 12.5 Å². The number of anilines is 1. The molecule has 0 N–H and O–H groups in total. The lowest BCUT2D eigenvalue weighted by molar-refractivity contribution is 0.205. The molecule has 4 nitrogen and oxygen atoms in total. The summed E-state index contributed by atoms with van der Waals surface area (Å²) in [7, 11) is 0. The molecule has 2 aromatic carbocycles. The molecule has 2 aliphatic heterocycles. The predicted molar refractivity (Wildman–Crippen MR) is 98.3 cm³/mol. The maximum Gasteiger partial charge on any atom is 0.420 e. The van der Waals surface area contributed by atoms with Crippen LogP contribution in [0.3, 0.4) is 0 Å². The third-order valence-corrected chi connectivity index (χ3v) is 4.87. The summed E-state index contributed by atoms with van der Waals surface area (Å²) in [5, 5.41) is 0. The molecule has 3 atom stereocenters. The molecule has 4 heteroatoms. The van der Waals surface area contributed by atoms with Gasteiger partial charge in [0.1, 0.15) is 23.5 Å². The minimum Gasteiger partial charge on any atom is -0.410 e. The maximum atomic E-state index is 12.9. The summed E-state index contributed by atoms with van der Waals surface area (Å²) in [6.45, 7) is 1.85. The lowest BCUT2D eigenvalue weighted by Gasteiger charge is -2.35. The largest absolute Gasteiger partial charge is 0.420 e. The van der Waals surface area contributed by atoms with Crippen molar-refractivity contribution in [3.8, 4) is 30.4 Å². The molecule has 0 aliphatic carbocycles. The van der Waals surface area contributed by atoms with Gasteiger partial charge in [-0.1, -0.05) is 48.2 Å². The average molecular weight is 342 g/mol. The van der Waals surface area contributed by atoms with E-state index in [1.807, 2.05) is 37.3 Å². The summed E-state index contributed by atoms with van der Waals surface area (Å²) < 4.78 is 11.5. The van der Waals surface area contributed by atoms with E-state index in [4.69, 9.17) is 22.3 Å². The van der Waals surface area contributed by atoms with Gasteiger partial charge in [-0.25, -0.2) is 4.79 Å². The monoisotopic (exact) mass is 342 g/mol. The van der Waals surface area contributed by atoms with Crippen molar-refractivity contribution in [3.05, 3.63) is 66.1 Å². The number of nitrogens with zero attached hydrogens (tertiary/aromatic N) is 1. The molecule has 0 saturated carbocycles. The van der Waals surface area contributed by atoms with Crippen LogP contribution in [0.25, 0.3) is 0 Å². The van der Waals surface area contributed by atoms with E-state index in [0.29, 0.717) is 11.4 Å². The molecule has 0 bridgehead atoms. The van der Waals surface area contributed by atoms with Gasteiger partial charge in [-0.05, 0) is 25.1 Å². The summed E-state index contributed by atoms with van der Waals surface area (Å²) in [5.74, 6) is 6.54. The predicted octanol–water partition coefficient (Wildman–Crippen LogP) is 3.53. The van der Waals surface area contributed by atoms with Gasteiger partial charge in [0.05, 0.1) is 11.6 Å². The second kappa shape index (κ2) is 5.95. The molecule has 2 aliphatic rings. The Bertz CT molecular complexity index is 940. The van der Waals surface area contributed by atoms with Gasteiger partial charge in [-0.3, -0.25) is 4.90 Å². The first kappa shape index (κ1) is 16.3. The Morgan fingerprint density at radius 3 is 2.54 bits per heavy atom. The van der Waals surface area contributed by atoms with E-state index in [2.05, 4.69) is 11.8 Å². The maximum absolute atomic E-state index is 12.9. The zero-order valence-electron chi connectivity index (χ0n) is 14.2. The van der Waals surface area contributed by atoms with E-state index in [1.54, 1.807) is 24.3 Å². The van der Waals surface area contributed by atoms with Crippen LogP contribution in [0.4, 0.5) is 10.5 Å². The Morgan fingerprint density at radius 1 is 1.15 bits per heavy atom. The van der Waals surface area contributed by atoms with Crippen molar-refractivity contribution in [2.24, 2.45) is 0 Å². The highest BCUT2D eigenvalue weighted by Gasteiger charge is 2.69. The number of epoxide rings is 1. The molecule has 127 valence electrons. The minimum atomic E-state index is -0.730. The van der Waals surface area contributed by atoms with Gasteiger partial charge < -0.3 is 9.47 Å². The SMILES string of the molecule is C#C[C](C)[C@]12O[C@H]1[C@H](C#C)N(C(=O)Oc1ccccc1)c1ccccc12. The Balaban J connectivity index is 1.77. The highest BCUT2D eigenvalue weighted by molar-refractivity contribution is 5.93. The molecule has 0 aromatic heterocycles. The summed E-state index contributed by atoms with van der Waals surface area (Å²) in [6.07, 6.45) is 10.5. The Kier molecular flexibility index (Phi) is 3.72. The fraction of sp³-hybridized carbons (Fsp3) is 0.182. The molecule has 1 fully saturated rings. The van der Waals surface area contributed by atoms with Crippen molar-refractivity contribution in [3.63, 3.8) is 0 Å². The molecule has 1 radical (unpaired) electrons. The Labute approximate surface area is 152 Å². The van der Waals surface area contributed by atoms with Crippen LogP contribution >= 0.6 is 0 Å². The minimum absolute atomic E-state index is 0.387. The third kappa shape index (κ3) is 2.20. The van der Waals surface area contributed by atoms with Crippen molar-refractivity contribution in [1.29, 1.82) is 0 Å². The molecular formula is C22H16NO3. The normalized spacial score (nSPS) is 25.5. The van der Waals surface area contributed by atoms with Crippen LogP contribution < -0.4 is 9.64 Å². The highest BCUT2D eigenvalue weighted by Crippen LogP contribution is 2.60. The number of carbonyl (C=O) groups excluding carboxylic acids is 1. The van der Waals surface area contributed by atoms with Crippen LogP contribution in [0.15, 0.2) is 54.6 Å². The van der Waals surface area contributed by atoms with E-state index >= 15 is 0 Å². The van der Waals surface area contributed by atoms with Crippen LogP contribution in [0, 0.1) is 30.6 Å². The Morgan fingerprint density at radius 2 is 1.85 bits per heavy atom. The molecule has 1 saturated heterocycles. The Hall–Kier alpha value is -3.21. The molecule has 26 heavy (non-hydrogen) atoms. The molecule has 1 amide bonds. The molecule has 0 unspecified atom stereocenters. The van der Waals surface area contributed by atoms with Gasteiger partial charge in [0, 0.05) is 5.56 Å². The number of benzene rings is 2. The van der Waals surface area contributed by atoms with Gasteiger partial charge in [0.25, 0.3) is 0 Å². The van der Waals surface area contributed by atoms with Gasteiger partial charge in [-0.15, -0.1) is 12.8 Å². The van der Waals surface area contributed by atoms with Crippen LogP contribution in [-0.2, 0) is 10.3 Å². The number of carbonyl (C=O) groups is 1. The number of hydrogen-bond donors (Lipinski definition) is 0. The summed E-state index contributed by atoms with van der Waals surface area (Å²) in [4.78, 5) is 14.4. The van der Waals surface area contributed by atoms with Crippen LogP contribution in [0.2, 0.25) is 0 Å². The number of terminal acetylenes is 2. The van der Waals surface area contributed by atoms with E-state index in [0.717, 1.165) is 11.5 Å². The number of fused-ring (bicyclic) bond motifs is 3. The lowest BCUT2D eigenvalue weighted by Crippen LogP contribution is -2.50. The number of para-hydroxylation sites is 2. The lowest BCUT2D eigenvalue weighted by atomic mass is 9.78. The van der Waals surface area contributed by atoms with Crippen molar-refractivity contribution < 1.29 is 14.3 Å². The number of amides is 1. The first-order valence-corrected chi connectivity index (χ1v) is 8.23. The zero-order valence-corrected chi connectivity index (χ0v) is 14.2. The third-order valence-electron chi connectivity index (χ3n) is 4.87. The number of ether oxygens (including phenoxy) is 2. The molecule has 2 heterocycles. The van der Waals surface area contributed by atoms with E-state index in [9.17, 15) is 4.79 Å². The van der Waals surface area contributed by atoms with Gasteiger partial charge >= 0.3 is 6.09 Å². The molecule has 0 spiro atoms. The fourth-order valence-corrected chi connectivity index (χ4v) is 3.58. The summed E-state index contributed by atoms with van der Waals surface area (Å²) >= 11 is 0. The van der Waals surface area contributed by atoms with Crippen molar-refractivity contribution in [2.45, 2.75) is 24.7 Å². The molecule has 4 rings (SSSR count). The quantitative estimate of drug-likeness (QED) is 0.619. The topological polar surface area (TPSA) is 42.1 Å². The van der Waals surface area contributed by atoms with Gasteiger partial charge in [0.15, 0.2) is 0 Å². The molecular weight excluding hydrogens is 326 g/mol. The van der Waals surface area contributed by atoms with Crippen molar-refractivity contribution in [2.75, 3.05) is 4.90 Å². The standard InChI is InChI=1S/C22H16NO3/c1-4-15(3)22-17-13-9-10-14-19(17)23(18(5-2)20(22)26-22)21(24)25-16-11-7-6-8-12-16/h1-2,6-14,18,20H,3H3/t18-,20-,22+/m0/s1. The van der Waals surface area contributed by atoms with Crippen LogP contribution in [0.5, 0.6) is 5.75 Å². The fourth-order valence-electron chi connectivity index (χ4n) is 3.58. The summed E-state index contributed by atoms with van der Waals surface area (Å²) in [5.41, 5.74) is 0.753.